The van der Waals surface area contributed by atoms with E-state index < -0.39 is 0 Å². The second-order valence-electron chi connectivity index (χ2n) is 2.94. The first-order valence-electron chi connectivity index (χ1n) is 4.26. The lowest BCUT2D eigenvalue weighted by atomic mass is 10.3. The Morgan fingerprint density at radius 1 is 1.21 bits per heavy atom. The monoisotopic (exact) mass is 201 g/mol. The molecule has 0 saturated carbocycles. The van der Waals surface area contributed by atoms with E-state index in [4.69, 9.17) is 0 Å². The zero-order valence-electron chi connectivity index (χ0n) is 7.29. The topological polar surface area (TPSA) is 30.7 Å². The number of rotatable bonds is 1. The lowest BCUT2D eigenvalue weighted by Crippen LogP contribution is -1.93. The number of hydrogen-bond acceptors (Lipinski definition) is 3. The lowest BCUT2D eigenvalue weighted by Gasteiger charge is -2.01. The summed E-state index contributed by atoms with van der Waals surface area (Å²) in [7, 11) is 0. The molecule has 0 aliphatic heterocycles. The highest BCUT2D eigenvalue weighted by molar-refractivity contribution is 7.17. The highest BCUT2D eigenvalue weighted by Gasteiger charge is 2.03. The Balaban J connectivity index is 2.36. The number of aromatic nitrogens is 3. The average Bonchev–Trinajstić information content (AvgIpc) is 2.88. The fourth-order valence-corrected chi connectivity index (χ4v) is 2.25. The molecule has 0 saturated heterocycles. The van der Waals surface area contributed by atoms with Crippen LogP contribution in [0.1, 0.15) is 0 Å². The van der Waals surface area contributed by atoms with E-state index in [9.17, 15) is 0 Å². The molecule has 0 fully saturated rings. The first-order valence-corrected chi connectivity index (χ1v) is 5.14. The summed E-state index contributed by atoms with van der Waals surface area (Å²) in [4.78, 5) is 8.37. The van der Waals surface area contributed by atoms with E-state index in [1.807, 2.05) is 23.0 Å². The Kier molecular flexibility index (Phi) is 1.61. The smallest absolute Gasteiger partial charge is 0.146 e. The van der Waals surface area contributed by atoms with Crippen molar-refractivity contribution in [1.82, 2.24) is 14.5 Å². The van der Waals surface area contributed by atoms with Crippen molar-refractivity contribution in [3.63, 3.8) is 0 Å². The van der Waals surface area contributed by atoms with E-state index >= 15 is 0 Å². The van der Waals surface area contributed by atoms with Crippen LogP contribution in [0.5, 0.6) is 0 Å². The fraction of sp³-hybridized carbons (Fsp3) is 0. The summed E-state index contributed by atoms with van der Waals surface area (Å²) >= 11 is 1.73. The van der Waals surface area contributed by atoms with Gasteiger partial charge < -0.3 is 0 Å². The fourth-order valence-electron chi connectivity index (χ4n) is 1.47. The molecule has 0 spiro atoms. The molecule has 0 unspecified atom stereocenters. The number of imidazole rings is 1. The van der Waals surface area contributed by atoms with Crippen LogP contribution in [0.3, 0.4) is 0 Å². The van der Waals surface area contributed by atoms with Crippen LogP contribution in [0, 0.1) is 0 Å². The van der Waals surface area contributed by atoms with Crippen molar-refractivity contribution >= 4 is 21.4 Å². The molecule has 3 heterocycles. The maximum absolute atomic E-state index is 4.35. The quantitative estimate of drug-likeness (QED) is 0.605. The zero-order valence-corrected chi connectivity index (χ0v) is 8.11. The van der Waals surface area contributed by atoms with Crippen molar-refractivity contribution in [2.45, 2.75) is 0 Å². The molecule has 0 aromatic carbocycles. The van der Waals surface area contributed by atoms with Gasteiger partial charge in [-0.2, -0.15) is 0 Å². The van der Waals surface area contributed by atoms with Gasteiger partial charge in [0.05, 0.1) is 0 Å². The van der Waals surface area contributed by atoms with Crippen LogP contribution in [-0.4, -0.2) is 14.5 Å². The van der Waals surface area contributed by atoms with Gasteiger partial charge in [0.2, 0.25) is 0 Å². The summed E-state index contributed by atoms with van der Waals surface area (Å²) in [5.41, 5.74) is 0. The first kappa shape index (κ1) is 7.70. The molecule has 3 aromatic rings. The van der Waals surface area contributed by atoms with Crippen LogP contribution in [0.15, 0.2) is 42.4 Å². The molecule has 0 aliphatic rings. The predicted octanol–water partition coefficient (Wildman–Crippen LogP) is 2.48. The third kappa shape index (κ3) is 1.04. The van der Waals surface area contributed by atoms with Gasteiger partial charge in [-0.3, -0.25) is 4.57 Å². The summed E-state index contributed by atoms with van der Waals surface area (Å²) < 4.78 is 3.18. The van der Waals surface area contributed by atoms with Crippen molar-refractivity contribution in [3.8, 4) is 5.82 Å². The van der Waals surface area contributed by atoms with Crippen LogP contribution in [-0.2, 0) is 0 Å². The third-order valence-corrected chi connectivity index (χ3v) is 2.99. The van der Waals surface area contributed by atoms with Gasteiger partial charge in [-0.15, -0.1) is 11.3 Å². The number of thiophene rings is 1. The molecule has 3 nitrogen and oxygen atoms in total. The van der Waals surface area contributed by atoms with Gasteiger partial charge in [0.15, 0.2) is 0 Å². The molecule has 0 radical (unpaired) electrons. The van der Waals surface area contributed by atoms with E-state index in [1.54, 1.807) is 23.9 Å². The van der Waals surface area contributed by atoms with Crippen molar-refractivity contribution in [2.75, 3.05) is 0 Å². The average molecular weight is 201 g/mol. The Morgan fingerprint density at radius 3 is 3.07 bits per heavy atom. The molecule has 68 valence electrons. The van der Waals surface area contributed by atoms with Crippen LogP contribution in [0.25, 0.3) is 15.9 Å². The first-order chi connectivity index (χ1) is 6.95. The van der Waals surface area contributed by atoms with Crippen LogP contribution in [0.4, 0.5) is 0 Å². The maximum Gasteiger partial charge on any atom is 0.146 e. The summed E-state index contributed by atoms with van der Waals surface area (Å²) in [6, 6.07) is 4.11. The molecule has 3 rings (SSSR count). The summed E-state index contributed by atoms with van der Waals surface area (Å²) in [6.45, 7) is 0. The van der Waals surface area contributed by atoms with Crippen molar-refractivity contribution in [2.24, 2.45) is 0 Å². The largest absolute Gasteiger partial charge is 0.290 e. The number of hydrogen-bond donors (Lipinski definition) is 0. The van der Waals surface area contributed by atoms with Gasteiger partial charge in [0.1, 0.15) is 12.1 Å². The van der Waals surface area contributed by atoms with E-state index in [2.05, 4.69) is 21.4 Å². The predicted molar refractivity (Wildman–Crippen MR) is 56.7 cm³/mol. The Bertz CT molecular complexity index is 554. The number of pyridine rings is 1. The Morgan fingerprint density at radius 2 is 2.21 bits per heavy atom. The van der Waals surface area contributed by atoms with Gasteiger partial charge in [-0.25, -0.2) is 9.97 Å². The molecular weight excluding hydrogens is 194 g/mol. The zero-order chi connectivity index (χ0) is 9.38. The third-order valence-electron chi connectivity index (χ3n) is 2.11. The molecule has 3 aromatic heterocycles. The SMILES string of the molecule is c1cn(-c2nccc3sccc23)cn1. The molecule has 0 bridgehead atoms. The summed E-state index contributed by atoms with van der Waals surface area (Å²) in [5.74, 6) is 0.946. The lowest BCUT2D eigenvalue weighted by molar-refractivity contribution is 1.01. The standard InChI is InChI=1S/C10H7N3S/c1-3-12-10(13-5-4-11-7-13)8-2-6-14-9(1)8/h1-7H. The molecule has 0 atom stereocenters. The highest BCUT2D eigenvalue weighted by atomic mass is 32.1. The van der Waals surface area contributed by atoms with Crippen LogP contribution >= 0.6 is 11.3 Å². The minimum absolute atomic E-state index is 0.946. The van der Waals surface area contributed by atoms with Crippen LogP contribution in [0.2, 0.25) is 0 Å². The molecular formula is C10H7N3S. The van der Waals surface area contributed by atoms with Crippen molar-refractivity contribution < 1.29 is 0 Å². The Hall–Kier alpha value is -1.68. The normalized spacial score (nSPS) is 10.9. The minimum atomic E-state index is 0.946. The van der Waals surface area contributed by atoms with E-state index in [-0.39, 0.29) is 0 Å². The molecule has 0 amide bonds. The molecule has 0 aliphatic carbocycles. The Labute approximate surface area is 84.7 Å². The molecule has 4 heteroatoms. The van der Waals surface area contributed by atoms with Gasteiger partial charge in [0.25, 0.3) is 0 Å². The van der Waals surface area contributed by atoms with Gasteiger partial charge >= 0.3 is 0 Å². The van der Waals surface area contributed by atoms with Crippen molar-refractivity contribution in [3.05, 3.63) is 42.4 Å². The van der Waals surface area contributed by atoms with Crippen molar-refractivity contribution in [1.29, 1.82) is 0 Å². The second-order valence-corrected chi connectivity index (χ2v) is 3.88. The summed E-state index contributed by atoms with van der Waals surface area (Å²) in [5, 5.41) is 3.25. The second kappa shape index (κ2) is 2.92. The van der Waals surface area contributed by atoms with Gasteiger partial charge in [0, 0.05) is 28.7 Å². The van der Waals surface area contributed by atoms with Gasteiger partial charge in [-0.05, 0) is 17.5 Å². The van der Waals surface area contributed by atoms with E-state index in [0.29, 0.717) is 0 Å². The summed E-state index contributed by atoms with van der Waals surface area (Å²) in [6.07, 6.45) is 7.25. The molecule has 14 heavy (non-hydrogen) atoms. The number of nitrogens with zero attached hydrogens (tertiary/aromatic N) is 3. The maximum atomic E-state index is 4.35. The van der Waals surface area contributed by atoms with E-state index in [0.717, 1.165) is 5.82 Å². The van der Waals surface area contributed by atoms with Crippen LogP contribution < -0.4 is 0 Å². The van der Waals surface area contributed by atoms with Gasteiger partial charge in [-0.1, -0.05) is 0 Å². The van der Waals surface area contributed by atoms with E-state index in [1.165, 1.54) is 10.1 Å². The molecule has 0 N–H and O–H groups in total. The minimum Gasteiger partial charge on any atom is -0.290 e. The number of fused-ring (bicyclic) bond motifs is 1. The highest BCUT2D eigenvalue weighted by Crippen LogP contribution is 2.24.